The molecule has 0 radical (unpaired) electrons. The fourth-order valence-corrected chi connectivity index (χ4v) is 3.36. The first-order valence-electron chi connectivity index (χ1n) is 9.49. The summed E-state index contributed by atoms with van der Waals surface area (Å²) >= 11 is 5.82. The molecule has 166 valence electrons. The largest absolute Gasteiger partial charge is 0.492 e. The van der Waals surface area contributed by atoms with Crippen LogP contribution in [0.25, 0.3) is 0 Å². The highest BCUT2D eigenvalue weighted by Gasteiger charge is 2.49. The monoisotopic (exact) mass is 455 g/mol. The summed E-state index contributed by atoms with van der Waals surface area (Å²) in [5, 5.41) is 3.01. The Hall–Kier alpha value is -2.78. The molecule has 1 aliphatic rings. The standard InChI is InChI=1S/C21H21ClF3N3O3/c1-27(10-11-31-15-8-6-14(22)7-9-15)13-20(30)28-17-5-3-2-4-16(17)26-19(29)12-18(28)21(23,24)25/h2-9,18H,10-13H2,1H3,(H,26,29). The number of fused-ring (bicyclic) bond motifs is 1. The molecule has 1 aliphatic heterocycles. The molecule has 6 nitrogen and oxygen atoms in total. The van der Waals surface area contributed by atoms with Gasteiger partial charge < -0.3 is 10.1 Å². The lowest BCUT2D eigenvalue weighted by atomic mass is 10.1. The zero-order chi connectivity index (χ0) is 22.6. The van der Waals surface area contributed by atoms with Crippen LogP contribution in [0.1, 0.15) is 6.42 Å². The lowest BCUT2D eigenvalue weighted by Gasteiger charge is -2.32. The van der Waals surface area contributed by atoms with Crippen molar-refractivity contribution in [3.8, 4) is 5.75 Å². The van der Waals surface area contributed by atoms with Gasteiger partial charge in [0.1, 0.15) is 18.4 Å². The number of anilines is 2. The maximum absolute atomic E-state index is 13.7. The van der Waals surface area contributed by atoms with Crippen LogP contribution in [0, 0.1) is 0 Å². The van der Waals surface area contributed by atoms with E-state index >= 15 is 0 Å². The number of hydrogen-bond donors (Lipinski definition) is 1. The number of benzene rings is 2. The van der Waals surface area contributed by atoms with Gasteiger partial charge in [-0.25, -0.2) is 0 Å². The molecule has 10 heteroatoms. The minimum absolute atomic E-state index is 0.0199. The van der Waals surface area contributed by atoms with Gasteiger partial charge in [0.15, 0.2) is 0 Å². The van der Waals surface area contributed by atoms with E-state index in [2.05, 4.69) is 5.32 Å². The molecular weight excluding hydrogens is 435 g/mol. The quantitative estimate of drug-likeness (QED) is 0.716. The number of rotatable bonds is 6. The third-order valence-electron chi connectivity index (χ3n) is 4.74. The molecule has 0 aromatic heterocycles. The lowest BCUT2D eigenvalue weighted by Crippen LogP contribution is -2.52. The van der Waals surface area contributed by atoms with Crippen molar-refractivity contribution in [2.75, 3.05) is 37.0 Å². The molecule has 1 N–H and O–H groups in total. The van der Waals surface area contributed by atoms with Crippen molar-refractivity contribution in [2.24, 2.45) is 0 Å². The Bertz CT molecular complexity index is 937. The van der Waals surface area contributed by atoms with E-state index in [4.69, 9.17) is 16.3 Å². The zero-order valence-corrected chi connectivity index (χ0v) is 17.4. The van der Waals surface area contributed by atoms with Crippen LogP contribution < -0.4 is 15.0 Å². The summed E-state index contributed by atoms with van der Waals surface area (Å²) in [4.78, 5) is 27.2. The molecule has 2 aromatic carbocycles. The SMILES string of the molecule is CN(CCOc1ccc(Cl)cc1)CC(=O)N1c2ccccc2NC(=O)CC1C(F)(F)F. The zero-order valence-electron chi connectivity index (χ0n) is 16.7. The van der Waals surface area contributed by atoms with Crippen molar-refractivity contribution in [1.82, 2.24) is 4.90 Å². The van der Waals surface area contributed by atoms with Gasteiger partial charge in [-0.3, -0.25) is 19.4 Å². The molecule has 2 amide bonds. The van der Waals surface area contributed by atoms with Crippen molar-refractivity contribution in [3.63, 3.8) is 0 Å². The maximum Gasteiger partial charge on any atom is 0.409 e. The normalized spacial score (nSPS) is 16.5. The molecule has 0 spiro atoms. The van der Waals surface area contributed by atoms with Crippen LogP contribution in [0.4, 0.5) is 24.5 Å². The summed E-state index contributed by atoms with van der Waals surface area (Å²) in [5.74, 6) is -0.970. The second kappa shape index (κ2) is 9.57. The summed E-state index contributed by atoms with van der Waals surface area (Å²) in [6.45, 7) is 0.252. The topological polar surface area (TPSA) is 61.9 Å². The maximum atomic E-state index is 13.7. The molecule has 1 heterocycles. The number of likely N-dealkylation sites (N-methyl/N-ethyl adjacent to an activating group) is 1. The third-order valence-corrected chi connectivity index (χ3v) is 4.99. The van der Waals surface area contributed by atoms with Crippen molar-refractivity contribution < 1.29 is 27.5 Å². The predicted octanol–water partition coefficient (Wildman–Crippen LogP) is 3.96. The summed E-state index contributed by atoms with van der Waals surface area (Å²) in [6.07, 6.45) is -5.63. The van der Waals surface area contributed by atoms with Gasteiger partial charge in [0.25, 0.3) is 0 Å². The van der Waals surface area contributed by atoms with Crippen molar-refractivity contribution in [2.45, 2.75) is 18.6 Å². The van der Waals surface area contributed by atoms with E-state index < -0.39 is 30.5 Å². The van der Waals surface area contributed by atoms with Crippen molar-refractivity contribution >= 4 is 34.8 Å². The molecule has 3 rings (SSSR count). The first-order chi connectivity index (χ1) is 14.6. The summed E-state index contributed by atoms with van der Waals surface area (Å²) in [5.41, 5.74) is 0.188. The van der Waals surface area contributed by atoms with Gasteiger partial charge in [0, 0.05) is 11.6 Å². The Balaban J connectivity index is 1.71. The molecule has 31 heavy (non-hydrogen) atoms. The number of hydrogen-bond acceptors (Lipinski definition) is 4. The van der Waals surface area contributed by atoms with E-state index in [0.29, 0.717) is 22.2 Å². The number of nitrogens with zero attached hydrogens (tertiary/aromatic N) is 2. The first kappa shape index (κ1) is 22.9. The van der Waals surface area contributed by atoms with E-state index in [0.717, 1.165) is 0 Å². The van der Waals surface area contributed by atoms with E-state index in [-0.39, 0.29) is 24.5 Å². The van der Waals surface area contributed by atoms with E-state index in [9.17, 15) is 22.8 Å². The van der Waals surface area contributed by atoms with E-state index in [1.54, 1.807) is 42.3 Å². The Kier molecular flexibility index (Phi) is 7.07. The first-order valence-corrected chi connectivity index (χ1v) is 9.87. The van der Waals surface area contributed by atoms with E-state index in [1.165, 1.54) is 18.2 Å². The average molecular weight is 456 g/mol. The minimum Gasteiger partial charge on any atom is -0.492 e. The second-order valence-corrected chi connectivity index (χ2v) is 7.57. The third kappa shape index (κ3) is 5.89. The van der Waals surface area contributed by atoms with Crippen molar-refractivity contribution in [1.29, 1.82) is 0 Å². The van der Waals surface area contributed by atoms with Crippen LogP contribution in [0.2, 0.25) is 5.02 Å². The Labute approximate surface area is 182 Å². The number of alkyl halides is 3. The molecule has 0 fully saturated rings. The highest BCUT2D eigenvalue weighted by molar-refractivity contribution is 6.30. The fraction of sp³-hybridized carbons (Fsp3) is 0.333. The molecule has 2 aromatic rings. The molecule has 0 aliphatic carbocycles. The van der Waals surface area contributed by atoms with Gasteiger partial charge in [-0.05, 0) is 43.4 Å². The second-order valence-electron chi connectivity index (χ2n) is 7.13. The number of amides is 2. The van der Waals surface area contributed by atoms with Crippen molar-refractivity contribution in [3.05, 3.63) is 53.6 Å². The summed E-state index contributed by atoms with van der Waals surface area (Å²) < 4.78 is 46.8. The molecular formula is C21H21ClF3N3O3. The summed E-state index contributed by atoms with van der Waals surface area (Å²) in [7, 11) is 1.61. The van der Waals surface area contributed by atoms with Gasteiger partial charge in [-0.1, -0.05) is 23.7 Å². The van der Waals surface area contributed by atoms with Crippen LogP contribution in [0.5, 0.6) is 5.75 Å². The highest BCUT2D eigenvalue weighted by Crippen LogP contribution is 2.37. The number of ether oxygens (including phenoxy) is 1. The fourth-order valence-electron chi connectivity index (χ4n) is 3.23. The minimum atomic E-state index is -4.76. The van der Waals surface area contributed by atoms with Crippen LogP contribution in [0.3, 0.4) is 0 Å². The van der Waals surface area contributed by atoms with Crippen LogP contribution >= 0.6 is 11.6 Å². The van der Waals surface area contributed by atoms with E-state index in [1.807, 2.05) is 0 Å². The molecule has 0 saturated heterocycles. The molecule has 0 saturated carbocycles. The summed E-state index contributed by atoms with van der Waals surface area (Å²) in [6, 6.07) is 10.4. The highest BCUT2D eigenvalue weighted by atomic mass is 35.5. The average Bonchev–Trinajstić information content (AvgIpc) is 2.85. The Morgan fingerprint density at radius 1 is 1.23 bits per heavy atom. The Morgan fingerprint density at radius 3 is 2.58 bits per heavy atom. The number of carbonyl (C=O) groups excluding carboxylic acids is 2. The molecule has 0 bridgehead atoms. The number of para-hydroxylation sites is 2. The van der Waals surface area contributed by atoms with Gasteiger partial charge in [-0.15, -0.1) is 0 Å². The van der Waals surface area contributed by atoms with Crippen LogP contribution in [0.15, 0.2) is 48.5 Å². The van der Waals surface area contributed by atoms with Gasteiger partial charge >= 0.3 is 6.18 Å². The van der Waals surface area contributed by atoms with Gasteiger partial charge in [0.05, 0.1) is 24.3 Å². The predicted molar refractivity (Wildman–Crippen MR) is 111 cm³/mol. The van der Waals surface area contributed by atoms with Crippen LogP contribution in [-0.2, 0) is 9.59 Å². The van der Waals surface area contributed by atoms with Gasteiger partial charge in [0.2, 0.25) is 11.8 Å². The molecule has 1 atom stereocenters. The molecule has 1 unspecified atom stereocenters. The van der Waals surface area contributed by atoms with Gasteiger partial charge in [-0.2, -0.15) is 13.2 Å². The number of carbonyl (C=O) groups is 2. The Morgan fingerprint density at radius 2 is 1.90 bits per heavy atom. The number of nitrogens with one attached hydrogen (secondary N) is 1. The number of halogens is 4. The lowest BCUT2D eigenvalue weighted by molar-refractivity contribution is -0.158. The van der Waals surface area contributed by atoms with Crippen LogP contribution in [-0.4, -0.2) is 55.7 Å². The smallest absolute Gasteiger partial charge is 0.409 e.